The van der Waals surface area contributed by atoms with Crippen LogP contribution in [-0.4, -0.2) is 23.5 Å². The normalized spacial score (nSPS) is 12.0. The number of hydrogen-bond donors (Lipinski definition) is 2. The van der Waals surface area contributed by atoms with Gasteiger partial charge in [0.1, 0.15) is 6.26 Å². The smallest absolute Gasteiger partial charge is 0.416 e. The van der Waals surface area contributed by atoms with Gasteiger partial charge in [0.15, 0.2) is 5.76 Å². The van der Waals surface area contributed by atoms with Crippen molar-refractivity contribution in [1.82, 2.24) is 5.32 Å². The second-order valence-electron chi connectivity index (χ2n) is 6.15. The van der Waals surface area contributed by atoms with Gasteiger partial charge in [-0.25, -0.2) is 4.79 Å². The van der Waals surface area contributed by atoms with E-state index < -0.39 is 29.0 Å². The largest absolute Gasteiger partial charge is 0.478 e. The summed E-state index contributed by atoms with van der Waals surface area (Å²) < 4.78 is 43.4. The van der Waals surface area contributed by atoms with E-state index in [1.54, 1.807) is 19.9 Å². The van der Waals surface area contributed by atoms with Crippen LogP contribution in [0, 0.1) is 0 Å². The molecule has 134 valence electrons. The number of aromatic carboxylic acids is 1. The van der Waals surface area contributed by atoms with Crippen LogP contribution in [0.25, 0.3) is 0 Å². The molecule has 8 heteroatoms. The number of rotatable bonds is 5. The van der Waals surface area contributed by atoms with Crippen LogP contribution < -0.4 is 5.32 Å². The predicted molar refractivity (Wildman–Crippen MR) is 82.5 cm³/mol. The third kappa shape index (κ3) is 4.40. The summed E-state index contributed by atoms with van der Waals surface area (Å²) in [5.41, 5.74) is -1.30. The SMILES string of the molecule is CC(C)(CNC(=O)c1cc(C(=O)O)co1)c1cccc(C(F)(F)F)c1. The van der Waals surface area contributed by atoms with Crippen LogP contribution in [0.3, 0.4) is 0 Å². The van der Waals surface area contributed by atoms with E-state index in [0.717, 1.165) is 24.5 Å². The lowest BCUT2D eigenvalue weighted by molar-refractivity contribution is -0.137. The van der Waals surface area contributed by atoms with E-state index in [9.17, 15) is 22.8 Å². The number of carboxylic acids is 1. The number of halogens is 3. The van der Waals surface area contributed by atoms with Crippen molar-refractivity contribution >= 4 is 11.9 Å². The molecule has 0 saturated heterocycles. The second kappa shape index (κ2) is 6.62. The van der Waals surface area contributed by atoms with Gasteiger partial charge in [0.05, 0.1) is 11.1 Å². The van der Waals surface area contributed by atoms with E-state index in [4.69, 9.17) is 9.52 Å². The zero-order valence-electron chi connectivity index (χ0n) is 13.5. The number of alkyl halides is 3. The molecule has 0 spiro atoms. The van der Waals surface area contributed by atoms with Crippen LogP contribution in [-0.2, 0) is 11.6 Å². The number of carboxylic acid groups (broad SMARTS) is 1. The number of carbonyl (C=O) groups is 2. The topological polar surface area (TPSA) is 79.5 Å². The average Bonchev–Trinajstić information content (AvgIpc) is 3.02. The number of hydrogen-bond acceptors (Lipinski definition) is 3. The first-order valence-corrected chi connectivity index (χ1v) is 7.28. The van der Waals surface area contributed by atoms with Gasteiger partial charge in [-0.15, -0.1) is 0 Å². The molecule has 25 heavy (non-hydrogen) atoms. The Balaban J connectivity index is 2.10. The Morgan fingerprint density at radius 2 is 1.80 bits per heavy atom. The Morgan fingerprint density at radius 1 is 1.16 bits per heavy atom. The highest BCUT2D eigenvalue weighted by Crippen LogP contribution is 2.32. The molecule has 2 rings (SSSR count). The Hall–Kier alpha value is -2.77. The van der Waals surface area contributed by atoms with Crippen LogP contribution in [0.1, 0.15) is 45.9 Å². The van der Waals surface area contributed by atoms with E-state index in [2.05, 4.69) is 5.32 Å². The summed E-state index contributed by atoms with van der Waals surface area (Å²) in [5.74, 6) is -2.06. The third-order valence-corrected chi connectivity index (χ3v) is 3.73. The lowest BCUT2D eigenvalue weighted by atomic mass is 9.83. The molecule has 1 heterocycles. The maximum atomic E-state index is 12.8. The minimum atomic E-state index is -4.45. The number of carbonyl (C=O) groups excluding carboxylic acids is 1. The molecule has 5 nitrogen and oxygen atoms in total. The van der Waals surface area contributed by atoms with Crippen LogP contribution in [0.4, 0.5) is 13.2 Å². The fraction of sp³-hybridized carbons (Fsp3) is 0.294. The van der Waals surface area contributed by atoms with Crippen molar-refractivity contribution in [2.75, 3.05) is 6.54 Å². The van der Waals surface area contributed by atoms with Gasteiger partial charge in [-0.1, -0.05) is 32.0 Å². The first kappa shape index (κ1) is 18.6. The third-order valence-electron chi connectivity index (χ3n) is 3.73. The van der Waals surface area contributed by atoms with Gasteiger partial charge < -0.3 is 14.8 Å². The van der Waals surface area contributed by atoms with Gasteiger partial charge in [-0.3, -0.25) is 4.79 Å². The molecule has 0 aliphatic heterocycles. The highest BCUT2D eigenvalue weighted by atomic mass is 19.4. The average molecular weight is 355 g/mol. The molecule has 2 aromatic rings. The van der Waals surface area contributed by atoms with Gasteiger partial charge in [-0.2, -0.15) is 13.2 Å². The van der Waals surface area contributed by atoms with E-state index in [-0.39, 0.29) is 17.9 Å². The monoisotopic (exact) mass is 355 g/mol. The van der Waals surface area contributed by atoms with E-state index in [0.29, 0.717) is 5.56 Å². The lowest BCUT2D eigenvalue weighted by Gasteiger charge is -2.26. The molecule has 0 radical (unpaired) electrons. The van der Waals surface area contributed by atoms with E-state index in [1.807, 2.05) is 0 Å². The molecular weight excluding hydrogens is 339 g/mol. The number of amides is 1. The van der Waals surface area contributed by atoms with Crippen molar-refractivity contribution in [3.8, 4) is 0 Å². The summed E-state index contributed by atoms with van der Waals surface area (Å²) in [6.07, 6.45) is -3.51. The maximum Gasteiger partial charge on any atom is 0.416 e. The lowest BCUT2D eigenvalue weighted by Crippen LogP contribution is -2.36. The minimum Gasteiger partial charge on any atom is -0.478 e. The molecule has 0 aliphatic rings. The van der Waals surface area contributed by atoms with Gasteiger partial charge in [0, 0.05) is 18.0 Å². The maximum absolute atomic E-state index is 12.8. The standard InChI is InChI=1S/C17H16F3NO4/c1-16(2,11-4-3-5-12(7-11)17(18,19)20)9-21-14(22)13-6-10(8-25-13)15(23)24/h3-8H,9H2,1-2H3,(H,21,22)(H,23,24). The van der Waals surface area contributed by atoms with Crippen molar-refractivity contribution in [2.45, 2.75) is 25.4 Å². The Morgan fingerprint density at radius 3 is 2.36 bits per heavy atom. The van der Waals surface area contributed by atoms with E-state index >= 15 is 0 Å². The summed E-state index contributed by atoms with van der Waals surface area (Å²) in [6, 6.07) is 5.97. The zero-order valence-corrected chi connectivity index (χ0v) is 13.5. The van der Waals surface area contributed by atoms with Gasteiger partial charge in [0.2, 0.25) is 0 Å². The van der Waals surface area contributed by atoms with Crippen LogP contribution in [0.15, 0.2) is 41.0 Å². The van der Waals surface area contributed by atoms with Crippen LogP contribution >= 0.6 is 0 Å². The Labute approximate surface area is 141 Å². The van der Waals surface area contributed by atoms with Crippen LogP contribution in [0.2, 0.25) is 0 Å². The van der Waals surface area contributed by atoms with Crippen molar-refractivity contribution in [1.29, 1.82) is 0 Å². The summed E-state index contributed by atoms with van der Waals surface area (Å²) in [7, 11) is 0. The van der Waals surface area contributed by atoms with Crippen molar-refractivity contribution in [3.05, 3.63) is 59.0 Å². The first-order valence-electron chi connectivity index (χ1n) is 7.28. The van der Waals surface area contributed by atoms with Crippen molar-refractivity contribution in [3.63, 3.8) is 0 Å². The molecule has 0 bridgehead atoms. The quantitative estimate of drug-likeness (QED) is 0.857. The Kier molecular flexibility index (Phi) is 4.92. The summed E-state index contributed by atoms with van der Waals surface area (Å²) in [5, 5.41) is 11.3. The van der Waals surface area contributed by atoms with Gasteiger partial charge in [0.25, 0.3) is 5.91 Å². The van der Waals surface area contributed by atoms with Crippen molar-refractivity contribution in [2.24, 2.45) is 0 Å². The van der Waals surface area contributed by atoms with E-state index in [1.165, 1.54) is 6.07 Å². The van der Waals surface area contributed by atoms with Crippen LogP contribution in [0.5, 0.6) is 0 Å². The molecule has 1 aromatic carbocycles. The predicted octanol–water partition coefficient (Wildman–Crippen LogP) is 3.70. The Bertz CT molecular complexity index is 793. The molecule has 0 unspecified atom stereocenters. The molecule has 1 amide bonds. The highest BCUT2D eigenvalue weighted by Gasteiger charge is 2.32. The minimum absolute atomic E-state index is 0.0379. The highest BCUT2D eigenvalue weighted by molar-refractivity contribution is 5.95. The van der Waals surface area contributed by atoms with Crippen molar-refractivity contribution < 1.29 is 32.3 Å². The number of furan rings is 1. The molecule has 1 aromatic heterocycles. The molecule has 0 fully saturated rings. The first-order chi connectivity index (χ1) is 11.5. The molecule has 0 atom stereocenters. The molecule has 0 aliphatic carbocycles. The number of nitrogens with one attached hydrogen (secondary N) is 1. The molecular formula is C17H16F3NO4. The fourth-order valence-electron chi connectivity index (χ4n) is 2.17. The zero-order chi connectivity index (χ0) is 18.8. The number of benzene rings is 1. The molecule has 2 N–H and O–H groups in total. The fourth-order valence-corrected chi connectivity index (χ4v) is 2.17. The summed E-state index contributed by atoms with van der Waals surface area (Å²) >= 11 is 0. The second-order valence-corrected chi connectivity index (χ2v) is 6.15. The van der Waals surface area contributed by atoms with Gasteiger partial charge >= 0.3 is 12.1 Å². The summed E-state index contributed by atoms with van der Waals surface area (Å²) in [4.78, 5) is 22.8. The molecule has 0 saturated carbocycles. The van der Waals surface area contributed by atoms with Gasteiger partial charge in [-0.05, 0) is 11.6 Å². The summed E-state index contributed by atoms with van der Waals surface area (Å²) in [6.45, 7) is 3.41.